The van der Waals surface area contributed by atoms with Gasteiger partial charge >= 0.3 is 0 Å². The molecule has 0 saturated carbocycles. The minimum atomic E-state index is 0.914. The van der Waals surface area contributed by atoms with Crippen LogP contribution in [0.4, 0.5) is 0 Å². The van der Waals surface area contributed by atoms with E-state index in [-0.39, 0.29) is 0 Å². The zero-order valence-electron chi connectivity index (χ0n) is 11.2. The van der Waals surface area contributed by atoms with Crippen molar-refractivity contribution in [3.63, 3.8) is 0 Å². The number of hydrogen-bond acceptors (Lipinski definition) is 1. The SMILES string of the molecule is C[n+]1ccc(-c2cc3c(ccc4ccccc43)o2)cc1. The molecule has 20 heavy (non-hydrogen) atoms. The van der Waals surface area contributed by atoms with Crippen LogP contribution in [0.15, 0.2) is 71.4 Å². The van der Waals surface area contributed by atoms with Crippen molar-refractivity contribution in [3.8, 4) is 11.3 Å². The highest BCUT2D eigenvalue weighted by atomic mass is 16.3. The van der Waals surface area contributed by atoms with Gasteiger partial charge in [0.05, 0.1) is 0 Å². The highest BCUT2D eigenvalue weighted by molar-refractivity contribution is 6.06. The molecular formula is C18H14NO+. The fourth-order valence-corrected chi connectivity index (χ4v) is 2.60. The van der Waals surface area contributed by atoms with Crippen LogP contribution in [-0.2, 0) is 7.05 Å². The van der Waals surface area contributed by atoms with Gasteiger partial charge in [0.15, 0.2) is 12.4 Å². The van der Waals surface area contributed by atoms with E-state index < -0.39 is 0 Å². The van der Waals surface area contributed by atoms with Gasteiger partial charge in [-0.05, 0) is 22.9 Å². The molecular weight excluding hydrogens is 246 g/mol. The molecule has 2 heterocycles. The van der Waals surface area contributed by atoms with E-state index in [2.05, 4.69) is 48.5 Å². The van der Waals surface area contributed by atoms with Gasteiger partial charge in [-0.25, -0.2) is 4.57 Å². The second-order valence-corrected chi connectivity index (χ2v) is 5.06. The summed E-state index contributed by atoms with van der Waals surface area (Å²) >= 11 is 0. The van der Waals surface area contributed by atoms with Crippen LogP contribution in [0.3, 0.4) is 0 Å². The quantitative estimate of drug-likeness (QED) is 0.471. The number of aromatic nitrogens is 1. The van der Waals surface area contributed by atoms with Gasteiger partial charge in [-0.2, -0.15) is 0 Å². The molecule has 2 nitrogen and oxygen atoms in total. The van der Waals surface area contributed by atoms with E-state index >= 15 is 0 Å². The van der Waals surface area contributed by atoms with Gasteiger partial charge in [0.2, 0.25) is 0 Å². The molecule has 0 saturated heterocycles. The maximum atomic E-state index is 5.99. The highest BCUT2D eigenvalue weighted by Gasteiger charge is 2.09. The van der Waals surface area contributed by atoms with E-state index in [4.69, 9.17) is 4.42 Å². The molecule has 0 atom stereocenters. The van der Waals surface area contributed by atoms with Crippen molar-refractivity contribution in [1.82, 2.24) is 0 Å². The lowest BCUT2D eigenvalue weighted by molar-refractivity contribution is -0.671. The van der Waals surface area contributed by atoms with Crippen LogP contribution in [0.5, 0.6) is 0 Å². The molecule has 4 rings (SSSR count). The zero-order chi connectivity index (χ0) is 13.5. The molecule has 0 amide bonds. The van der Waals surface area contributed by atoms with Gasteiger partial charge in [0.25, 0.3) is 0 Å². The monoisotopic (exact) mass is 260 g/mol. The fourth-order valence-electron chi connectivity index (χ4n) is 2.60. The Hall–Kier alpha value is -2.61. The number of aryl methyl sites for hydroxylation is 1. The van der Waals surface area contributed by atoms with E-state index in [1.807, 2.05) is 30.1 Å². The van der Waals surface area contributed by atoms with Crippen molar-refractivity contribution in [1.29, 1.82) is 0 Å². The van der Waals surface area contributed by atoms with Crippen molar-refractivity contribution in [3.05, 3.63) is 67.0 Å². The smallest absolute Gasteiger partial charge is 0.169 e. The first-order chi connectivity index (χ1) is 9.81. The number of nitrogens with zero attached hydrogens (tertiary/aromatic N) is 1. The Morgan fingerprint density at radius 2 is 1.65 bits per heavy atom. The first-order valence-corrected chi connectivity index (χ1v) is 6.68. The summed E-state index contributed by atoms with van der Waals surface area (Å²) in [5.41, 5.74) is 2.04. The largest absolute Gasteiger partial charge is 0.456 e. The van der Waals surface area contributed by atoms with E-state index in [0.29, 0.717) is 0 Å². The summed E-state index contributed by atoms with van der Waals surface area (Å²) < 4.78 is 8.01. The second-order valence-electron chi connectivity index (χ2n) is 5.06. The minimum absolute atomic E-state index is 0.914. The third-order valence-corrected chi connectivity index (χ3v) is 3.69. The van der Waals surface area contributed by atoms with Gasteiger partial charge < -0.3 is 4.42 Å². The molecule has 0 spiro atoms. The van der Waals surface area contributed by atoms with E-state index in [1.54, 1.807) is 0 Å². The van der Waals surface area contributed by atoms with Crippen LogP contribution in [-0.4, -0.2) is 0 Å². The van der Waals surface area contributed by atoms with Crippen molar-refractivity contribution < 1.29 is 8.98 Å². The van der Waals surface area contributed by atoms with E-state index in [9.17, 15) is 0 Å². The second kappa shape index (κ2) is 4.20. The maximum absolute atomic E-state index is 5.99. The Morgan fingerprint density at radius 1 is 0.850 bits per heavy atom. The Kier molecular flexibility index (Phi) is 2.36. The van der Waals surface area contributed by atoms with Crippen molar-refractivity contribution in [2.75, 3.05) is 0 Å². The average molecular weight is 260 g/mol. The summed E-state index contributed by atoms with van der Waals surface area (Å²) in [6.45, 7) is 0. The number of fused-ring (bicyclic) bond motifs is 3. The van der Waals surface area contributed by atoms with Crippen LogP contribution in [0.25, 0.3) is 33.1 Å². The number of benzene rings is 2. The molecule has 2 aromatic carbocycles. The summed E-state index contributed by atoms with van der Waals surface area (Å²) in [5.74, 6) is 0.914. The summed E-state index contributed by atoms with van der Waals surface area (Å²) in [7, 11) is 2.01. The fraction of sp³-hybridized carbons (Fsp3) is 0.0556. The number of hydrogen-bond donors (Lipinski definition) is 0. The predicted octanol–water partition coefficient (Wildman–Crippen LogP) is 4.08. The van der Waals surface area contributed by atoms with Gasteiger partial charge in [-0.3, -0.25) is 0 Å². The average Bonchev–Trinajstić information content (AvgIpc) is 2.92. The summed E-state index contributed by atoms with van der Waals surface area (Å²) in [5, 5.41) is 3.65. The molecule has 0 fully saturated rings. The molecule has 2 heteroatoms. The highest BCUT2D eigenvalue weighted by Crippen LogP contribution is 2.32. The van der Waals surface area contributed by atoms with Crippen molar-refractivity contribution in [2.45, 2.75) is 0 Å². The molecule has 0 aliphatic rings. The number of pyridine rings is 1. The molecule has 0 unspecified atom stereocenters. The van der Waals surface area contributed by atoms with E-state index in [1.165, 1.54) is 16.2 Å². The van der Waals surface area contributed by atoms with Gasteiger partial charge in [0, 0.05) is 23.1 Å². The first-order valence-electron chi connectivity index (χ1n) is 6.68. The molecule has 0 N–H and O–H groups in total. The standard InChI is InChI=1S/C18H14NO/c1-19-10-8-14(9-11-19)18-12-16-15-5-3-2-4-13(15)6-7-17(16)20-18/h2-12H,1H3/q+1. The molecule has 0 aliphatic carbocycles. The molecule has 0 bridgehead atoms. The zero-order valence-corrected chi connectivity index (χ0v) is 11.2. The van der Waals surface area contributed by atoms with Crippen LogP contribution in [0.1, 0.15) is 0 Å². The number of furan rings is 1. The Balaban J connectivity index is 1.98. The Labute approximate surface area is 116 Å². The van der Waals surface area contributed by atoms with E-state index in [0.717, 1.165) is 16.9 Å². The molecule has 2 aromatic heterocycles. The third kappa shape index (κ3) is 1.69. The van der Waals surface area contributed by atoms with Crippen LogP contribution >= 0.6 is 0 Å². The van der Waals surface area contributed by atoms with Crippen LogP contribution in [0, 0.1) is 0 Å². The lowest BCUT2D eigenvalue weighted by Crippen LogP contribution is -2.25. The van der Waals surface area contributed by atoms with Gasteiger partial charge in [-0.1, -0.05) is 30.3 Å². The number of rotatable bonds is 1. The van der Waals surface area contributed by atoms with Crippen LogP contribution < -0.4 is 4.57 Å². The molecule has 4 aromatic rings. The summed E-state index contributed by atoms with van der Waals surface area (Å²) in [6.07, 6.45) is 4.06. The van der Waals surface area contributed by atoms with Crippen LogP contribution in [0.2, 0.25) is 0 Å². The Morgan fingerprint density at radius 3 is 2.50 bits per heavy atom. The predicted molar refractivity (Wildman–Crippen MR) is 80.3 cm³/mol. The third-order valence-electron chi connectivity index (χ3n) is 3.69. The summed E-state index contributed by atoms with van der Waals surface area (Å²) in [6, 6.07) is 18.8. The van der Waals surface area contributed by atoms with Crippen molar-refractivity contribution in [2.24, 2.45) is 7.05 Å². The normalized spacial score (nSPS) is 11.2. The molecule has 0 aliphatic heterocycles. The van der Waals surface area contributed by atoms with Gasteiger partial charge in [-0.15, -0.1) is 0 Å². The molecule has 96 valence electrons. The Bertz CT molecular complexity index is 904. The lowest BCUT2D eigenvalue weighted by atomic mass is 10.1. The summed E-state index contributed by atoms with van der Waals surface area (Å²) in [4.78, 5) is 0. The lowest BCUT2D eigenvalue weighted by Gasteiger charge is -1.96. The maximum Gasteiger partial charge on any atom is 0.169 e. The van der Waals surface area contributed by atoms with Gasteiger partial charge in [0.1, 0.15) is 18.4 Å². The molecule has 0 radical (unpaired) electrons. The topological polar surface area (TPSA) is 17.0 Å². The first kappa shape index (κ1) is 11.2. The van der Waals surface area contributed by atoms with Crippen molar-refractivity contribution >= 4 is 21.7 Å². The minimum Gasteiger partial charge on any atom is -0.456 e.